The van der Waals surface area contributed by atoms with Crippen molar-refractivity contribution in [1.82, 2.24) is 19.5 Å². The monoisotopic (exact) mass is 388 g/mol. The van der Waals surface area contributed by atoms with Gasteiger partial charge in [0.05, 0.1) is 17.1 Å². The van der Waals surface area contributed by atoms with E-state index in [0.29, 0.717) is 24.3 Å². The molecule has 1 saturated heterocycles. The van der Waals surface area contributed by atoms with Gasteiger partial charge in [-0.2, -0.15) is 0 Å². The SMILES string of the molecule is CCN1CCN(C(=O)c2cccc(S(=O)(=O)NCc3ccccn3)c2)CC1. The number of amides is 1. The van der Waals surface area contributed by atoms with E-state index in [0.717, 1.165) is 19.6 Å². The number of hydrogen-bond acceptors (Lipinski definition) is 5. The summed E-state index contributed by atoms with van der Waals surface area (Å²) in [7, 11) is -3.73. The van der Waals surface area contributed by atoms with Crippen LogP contribution >= 0.6 is 0 Å². The summed E-state index contributed by atoms with van der Waals surface area (Å²) in [5, 5.41) is 0. The van der Waals surface area contributed by atoms with Crippen molar-refractivity contribution in [3.63, 3.8) is 0 Å². The highest BCUT2D eigenvalue weighted by Gasteiger charge is 2.23. The number of hydrogen-bond donors (Lipinski definition) is 1. The van der Waals surface area contributed by atoms with Crippen LogP contribution in [0.5, 0.6) is 0 Å². The number of aromatic nitrogens is 1. The minimum atomic E-state index is -3.73. The maximum atomic E-state index is 12.7. The smallest absolute Gasteiger partial charge is 0.253 e. The second-order valence-electron chi connectivity index (χ2n) is 6.40. The molecule has 2 aromatic rings. The Balaban J connectivity index is 1.70. The maximum absolute atomic E-state index is 12.7. The molecule has 1 fully saturated rings. The Morgan fingerprint density at radius 1 is 1.11 bits per heavy atom. The van der Waals surface area contributed by atoms with Crippen molar-refractivity contribution in [1.29, 1.82) is 0 Å². The molecular weight excluding hydrogens is 364 g/mol. The minimum absolute atomic E-state index is 0.0801. The van der Waals surface area contributed by atoms with E-state index in [4.69, 9.17) is 0 Å². The van der Waals surface area contributed by atoms with Crippen molar-refractivity contribution in [3.05, 3.63) is 59.9 Å². The van der Waals surface area contributed by atoms with E-state index in [1.165, 1.54) is 12.1 Å². The topological polar surface area (TPSA) is 82.6 Å². The molecule has 0 bridgehead atoms. The summed E-state index contributed by atoms with van der Waals surface area (Å²) in [4.78, 5) is 21.0. The van der Waals surface area contributed by atoms with Crippen LogP contribution in [0.1, 0.15) is 23.0 Å². The van der Waals surface area contributed by atoms with Crippen molar-refractivity contribution < 1.29 is 13.2 Å². The average Bonchev–Trinajstić information content (AvgIpc) is 2.73. The third kappa shape index (κ3) is 4.91. The summed E-state index contributed by atoms with van der Waals surface area (Å²) in [6.45, 7) is 6.16. The molecule has 3 rings (SSSR count). The van der Waals surface area contributed by atoms with Gasteiger partial charge in [0.15, 0.2) is 0 Å². The maximum Gasteiger partial charge on any atom is 0.253 e. The van der Waals surface area contributed by atoms with Crippen LogP contribution in [0, 0.1) is 0 Å². The van der Waals surface area contributed by atoms with Gasteiger partial charge in [0.25, 0.3) is 5.91 Å². The minimum Gasteiger partial charge on any atom is -0.336 e. The van der Waals surface area contributed by atoms with Crippen LogP contribution in [0.4, 0.5) is 0 Å². The number of carbonyl (C=O) groups excluding carboxylic acids is 1. The van der Waals surface area contributed by atoms with Crippen molar-refractivity contribution in [2.75, 3.05) is 32.7 Å². The van der Waals surface area contributed by atoms with Crippen LogP contribution in [-0.2, 0) is 16.6 Å². The van der Waals surface area contributed by atoms with E-state index in [-0.39, 0.29) is 17.3 Å². The van der Waals surface area contributed by atoms with Crippen molar-refractivity contribution in [2.24, 2.45) is 0 Å². The van der Waals surface area contributed by atoms with Crippen LogP contribution < -0.4 is 4.72 Å². The van der Waals surface area contributed by atoms with Gasteiger partial charge in [-0.1, -0.05) is 19.1 Å². The van der Waals surface area contributed by atoms with Gasteiger partial charge in [-0.15, -0.1) is 0 Å². The van der Waals surface area contributed by atoms with Gasteiger partial charge in [0.2, 0.25) is 10.0 Å². The van der Waals surface area contributed by atoms with Gasteiger partial charge in [-0.25, -0.2) is 13.1 Å². The van der Waals surface area contributed by atoms with Crippen LogP contribution in [-0.4, -0.2) is 61.8 Å². The standard InChI is InChI=1S/C19H24N4O3S/c1-2-22-10-12-23(13-11-22)19(24)16-6-5-8-18(14-16)27(25,26)21-15-17-7-3-4-9-20-17/h3-9,14,21H,2,10-13,15H2,1H3. The fraction of sp³-hybridized carbons (Fsp3) is 0.368. The highest BCUT2D eigenvalue weighted by molar-refractivity contribution is 7.89. The summed E-state index contributed by atoms with van der Waals surface area (Å²) >= 11 is 0. The zero-order valence-corrected chi connectivity index (χ0v) is 16.2. The Labute approximate surface area is 160 Å². The number of benzene rings is 1. The lowest BCUT2D eigenvalue weighted by Crippen LogP contribution is -2.48. The first kappa shape index (κ1) is 19.5. The van der Waals surface area contributed by atoms with Gasteiger partial charge in [0.1, 0.15) is 0 Å². The summed E-state index contributed by atoms with van der Waals surface area (Å²) in [6, 6.07) is 11.5. The Morgan fingerprint density at radius 3 is 2.56 bits per heavy atom. The molecule has 7 nitrogen and oxygen atoms in total. The van der Waals surface area contributed by atoms with Crippen molar-refractivity contribution in [3.8, 4) is 0 Å². The van der Waals surface area contributed by atoms with Crippen molar-refractivity contribution in [2.45, 2.75) is 18.4 Å². The Morgan fingerprint density at radius 2 is 1.89 bits per heavy atom. The fourth-order valence-corrected chi connectivity index (χ4v) is 4.05. The first-order chi connectivity index (χ1) is 13.0. The average molecular weight is 388 g/mol. The number of carbonyl (C=O) groups is 1. The Kier molecular flexibility index (Phi) is 6.20. The van der Waals surface area contributed by atoms with E-state index in [2.05, 4.69) is 21.5 Å². The summed E-state index contributed by atoms with van der Waals surface area (Å²) in [5.74, 6) is -0.132. The highest BCUT2D eigenvalue weighted by atomic mass is 32.2. The molecule has 1 aromatic carbocycles. The van der Waals surface area contributed by atoms with E-state index < -0.39 is 10.0 Å². The molecule has 0 atom stereocenters. The van der Waals surface area contributed by atoms with Crippen LogP contribution in [0.2, 0.25) is 0 Å². The van der Waals surface area contributed by atoms with E-state index in [1.807, 2.05) is 0 Å². The molecule has 0 spiro atoms. The zero-order valence-electron chi connectivity index (χ0n) is 15.3. The Hall–Kier alpha value is -2.29. The lowest BCUT2D eigenvalue weighted by atomic mass is 10.2. The molecule has 8 heteroatoms. The van der Waals surface area contributed by atoms with Crippen LogP contribution in [0.25, 0.3) is 0 Å². The third-order valence-electron chi connectivity index (χ3n) is 4.67. The fourth-order valence-electron chi connectivity index (χ4n) is 3.00. The van der Waals surface area contributed by atoms with Gasteiger partial charge in [-0.05, 0) is 36.9 Å². The number of sulfonamides is 1. The molecule has 144 valence electrons. The molecule has 0 aliphatic carbocycles. The number of piperazine rings is 1. The van der Waals surface area contributed by atoms with E-state index >= 15 is 0 Å². The van der Waals surface area contributed by atoms with Gasteiger partial charge < -0.3 is 9.80 Å². The highest BCUT2D eigenvalue weighted by Crippen LogP contribution is 2.15. The molecule has 2 heterocycles. The quantitative estimate of drug-likeness (QED) is 0.807. The number of nitrogens with zero attached hydrogens (tertiary/aromatic N) is 3. The molecule has 27 heavy (non-hydrogen) atoms. The van der Waals surface area contributed by atoms with E-state index in [1.54, 1.807) is 41.4 Å². The second-order valence-corrected chi connectivity index (χ2v) is 8.17. The van der Waals surface area contributed by atoms with Gasteiger partial charge >= 0.3 is 0 Å². The lowest BCUT2D eigenvalue weighted by Gasteiger charge is -2.34. The molecule has 1 aliphatic rings. The number of likely N-dealkylation sites (N-methyl/N-ethyl adjacent to an activating group) is 1. The predicted molar refractivity (Wildman–Crippen MR) is 103 cm³/mol. The Bertz CT molecular complexity index is 879. The summed E-state index contributed by atoms with van der Waals surface area (Å²) in [6.07, 6.45) is 1.61. The molecule has 1 amide bonds. The number of rotatable bonds is 6. The third-order valence-corrected chi connectivity index (χ3v) is 6.07. The zero-order chi connectivity index (χ0) is 19.3. The molecule has 1 N–H and O–H groups in total. The van der Waals surface area contributed by atoms with Gasteiger partial charge in [0, 0.05) is 37.9 Å². The molecular formula is C19H24N4O3S. The van der Waals surface area contributed by atoms with Crippen LogP contribution in [0.15, 0.2) is 53.6 Å². The summed E-state index contributed by atoms with van der Waals surface area (Å²) in [5.41, 5.74) is 1.02. The molecule has 0 unspecified atom stereocenters. The molecule has 0 radical (unpaired) electrons. The normalized spacial score (nSPS) is 15.7. The predicted octanol–water partition coefficient (Wildman–Crippen LogP) is 1.34. The first-order valence-corrected chi connectivity index (χ1v) is 10.5. The van der Waals surface area contributed by atoms with Crippen molar-refractivity contribution >= 4 is 15.9 Å². The summed E-state index contributed by atoms with van der Waals surface area (Å²) < 4.78 is 27.7. The lowest BCUT2D eigenvalue weighted by molar-refractivity contribution is 0.0643. The number of pyridine rings is 1. The van der Waals surface area contributed by atoms with Crippen LogP contribution in [0.3, 0.4) is 0 Å². The second kappa shape index (κ2) is 8.60. The largest absolute Gasteiger partial charge is 0.336 e. The molecule has 1 aliphatic heterocycles. The molecule has 1 aromatic heterocycles. The molecule has 0 saturated carbocycles. The number of nitrogens with one attached hydrogen (secondary N) is 1. The van der Waals surface area contributed by atoms with E-state index in [9.17, 15) is 13.2 Å². The van der Waals surface area contributed by atoms with Gasteiger partial charge in [-0.3, -0.25) is 9.78 Å². The first-order valence-electron chi connectivity index (χ1n) is 9.01.